The lowest BCUT2D eigenvalue weighted by atomic mass is 10.1. The summed E-state index contributed by atoms with van der Waals surface area (Å²) < 4.78 is 5.48. The number of pyridine rings is 1. The van der Waals surface area contributed by atoms with E-state index in [9.17, 15) is 0 Å². The van der Waals surface area contributed by atoms with Gasteiger partial charge in [-0.3, -0.25) is 0 Å². The van der Waals surface area contributed by atoms with Gasteiger partial charge in [0.25, 0.3) is 0 Å². The number of nitrogens with zero attached hydrogens (tertiary/aromatic N) is 2. The third-order valence-corrected chi connectivity index (χ3v) is 3.55. The van der Waals surface area contributed by atoms with Crippen LogP contribution in [0.4, 0.5) is 5.82 Å². The van der Waals surface area contributed by atoms with E-state index < -0.39 is 0 Å². The van der Waals surface area contributed by atoms with Gasteiger partial charge in [0.2, 0.25) is 0 Å². The van der Waals surface area contributed by atoms with Crippen LogP contribution in [0.1, 0.15) is 18.9 Å². The van der Waals surface area contributed by atoms with Crippen molar-refractivity contribution in [3.63, 3.8) is 0 Å². The number of halogens is 1. The normalized spacial score (nSPS) is 20.6. The third kappa shape index (κ3) is 2.54. The molecule has 0 amide bonds. The standard InChI is InChI=1S/C12H18ClN3O/c1-2-10-8-17-6-5-16(10)12-11(13)9(7-14)3-4-15-12/h3-4,10H,2,5-8,14H2,1H3. The highest BCUT2D eigenvalue weighted by molar-refractivity contribution is 6.33. The number of rotatable bonds is 3. The highest BCUT2D eigenvalue weighted by atomic mass is 35.5. The van der Waals surface area contributed by atoms with Crippen LogP contribution in [-0.4, -0.2) is 30.8 Å². The molecule has 0 spiro atoms. The Morgan fingerprint density at radius 1 is 1.65 bits per heavy atom. The molecule has 1 saturated heterocycles. The Bertz CT molecular complexity index is 386. The Labute approximate surface area is 107 Å². The summed E-state index contributed by atoms with van der Waals surface area (Å²) in [6.45, 7) is 4.88. The quantitative estimate of drug-likeness (QED) is 0.895. The first-order valence-corrected chi connectivity index (χ1v) is 6.33. The molecule has 17 heavy (non-hydrogen) atoms. The van der Waals surface area contributed by atoms with Crippen molar-refractivity contribution in [1.29, 1.82) is 0 Å². The van der Waals surface area contributed by atoms with Crippen LogP contribution in [0, 0.1) is 0 Å². The van der Waals surface area contributed by atoms with E-state index in [0.717, 1.165) is 37.6 Å². The number of anilines is 1. The minimum absolute atomic E-state index is 0.349. The molecule has 2 heterocycles. The van der Waals surface area contributed by atoms with Gasteiger partial charge in [-0.1, -0.05) is 18.5 Å². The molecule has 2 N–H and O–H groups in total. The van der Waals surface area contributed by atoms with Crippen molar-refractivity contribution in [2.24, 2.45) is 5.73 Å². The lowest BCUT2D eigenvalue weighted by molar-refractivity contribution is 0.0926. The summed E-state index contributed by atoms with van der Waals surface area (Å²) in [7, 11) is 0. The van der Waals surface area contributed by atoms with Gasteiger partial charge in [0.15, 0.2) is 0 Å². The van der Waals surface area contributed by atoms with Crippen LogP contribution in [-0.2, 0) is 11.3 Å². The second kappa shape index (κ2) is 5.67. The zero-order valence-corrected chi connectivity index (χ0v) is 10.8. The van der Waals surface area contributed by atoms with E-state index >= 15 is 0 Å². The zero-order valence-electron chi connectivity index (χ0n) is 10.0. The first-order chi connectivity index (χ1) is 8.27. The lowest BCUT2D eigenvalue weighted by Crippen LogP contribution is -2.45. The smallest absolute Gasteiger partial charge is 0.148 e. The van der Waals surface area contributed by atoms with E-state index in [0.29, 0.717) is 17.6 Å². The maximum absolute atomic E-state index is 6.34. The van der Waals surface area contributed by atoms with Crippen LogP contribution in [0.3, 0.4) is 0 Å². The summed E-state index contributed by atoms with van der Waals surface area (Å²) >= 11 is 6.34. The highest BCUT2D eigenvalue weighted by Gasteiger charge is 2.24. The molecule has 2 rings (SSSR count). The molecule has 0 bridgehead atoms. The van der Waals surface area contributed by atoms with Crippen molar-refractivity contribution >= 4 is 17.4 Å². The van der Waals surface area contributed by atoms with Crippen molar-refractivity contribution in [2.45, 2.75) is 25.9 Å². The number of nitrogens with two attached hydrogens (primary N) is 1. The fourth-order valence-electron chi connectivity index (χ4n) is 2.10. The first-order valence-electron chi connectivity index (χ1n) is 5.95. The maximum Gasteiger partial charge on any atom is 0.148 e. The van der Waals surface area contributed by atoms with Gasteiger partial charge in [0.05, 0.1) is 24.3 Å². The van der Waals surface area contributed by atoms with Gasteiger partial charge < -0.3 is 15.4 Å². The van der Waals surface area contributed by atoms with E-state index in [1.165, 1.54) is 0 Å². The summed E-state index contributed by atoms with van der Waals surface area (Å²) in [5.74, 6) is 0.838. The maximum atomic E-state index is 6.34. The fourth-order valence-corrected chi connectivity index (χ4v) is 2.40. The topological polar surface area (TPSA) is 51.4 Å². The molecular weight excluding hydrogens is 238 g/mol. The number of hydrogen-bond acceptors (Lipinski definition) is 4. The molecule has 1 aliphatic heterocycles. The Hall–Kier alpha value is -0.840. The van der Waals surface area contributed by atoms with Crippen molar-refractivity contribution in [3.05, 3.63) is 22.8 Å². The second-order valence-electron chi connectivity index (χ2n) is 4.14. The van der Waals surface area contributed by atoms with Gasteiger partial charge in [-0.2, -0.15) is 0 Å². The minimum Gasteiger partial charge on any atom is -0.377 e. The summed E-state index contributed by atoms with van der Waals surface area (Å²) in [6.07, 6.45) is 2.79. The summed E-state index contributed by atoms with van der Waals surface area (Å²) in [6, 6.07) is 2.22. The van der Waals surface area contributed by atoms with E-state index in [1.54, 1.807) is 6.20 Å². The Kier molecular flexibility index (Phi) is 4.20. The molecule has 5 heteroatoms. The minimum atomic E-state index is 0.349. The average molecular weight is 256 g/mol. The summed E-state index contributed by atoms with van der Waals surface area (Å²) in [4.78, 5) is 6.62. The first kappa shape index (κ1) is 12.6. The number of morpholine rings is 1. The van der Waals surface area contributed by atoms with Crippen LogP contribution in [0.2, 0.25) is 5.02 Å². The average Bonchev–Trinajstić information content (AvgIpc) is 2.39. The zero-order chi connectivity index (χ0) is 12.3. The molecule has 0 aromatic carbocycles. The number of ether oxygens (including phenoxy) is 1. The summed E-state index contributed by atoms with van der Waals surface area (Å²) in [5, 5.41) is 0.676. The van der Waals surface area contributed by atoms with Gasteiger partial charge >= 0.3 is 0 Å². The second-order valence-corrected chi connectivity index (χ2v) is 4.52. The van der Waals surface area contributed by atoms with Crippen molar-refractivity contribution in [2.75, 3.05) is 24.7 Å². The van der Waals surface area contributed by atoms with Gasteiger partial charge in [0.1, 0.15) is 5.82 Å². The predicted molar refractivity (Wildman–Crippen MR) is 69.4 cm³/mol. The van der Waals surface area contributed by atoms with Crippen LogP contribution >= 0.6 is 11.6 Å². The van der Waals surface area contributed by atoms with Crippen LogP contribution in [0.5, 0.6) is 0 Å². The van der Waals surface area contributed by atoms with E-state index in [1.807, 2.05) is 6.07 Å². The van der Waals surface area contributed by atoms with Gasteiger partial charge in [0, 0.05) is 19.3 Å². The fraction of sp³-hybridized carbons (Fsp3) is 0.583. The highest BCUT2D eigenvalue weighted by Crippen LogP contribution is 2.29. The molecule has 94 valence electrons. The monoisotopic (exact) mass is 255 g/mol. The van der Waals surface area contributed by atoms with Gasteiger partial charge in [-0.05, 0) is 18.1 Å². The molecule has 1 aromatic rings. The van der Waals surface area contributed by atoms with E-state index in [-0.39, 0.29) is 0 Å². The van der Waals surface area contributed by atoms with Crippen LogP contribution in [0.25, 0.3) is 0 Å². The Morgan fingerprint density at radius 2 is 2.47 bits per heavy atom. The lowest BCUT2D eigenvalue weighted by Gasteiger charge is -2.36. The molecule has 1 aromatic heterocycles. The molecule has 1 aliphatic rings. The molecule has 4 nitrogen and oxygen atoms in total. The molecule has 0 saturated carbocycles. The third-order valence-electron chi connectivity index (χ3n) is 3.14. The number of hydrogen-bond donors (Lipinski definition) is 1. The predicted octanol–water partition coefficient (Wildman–Crippen LogP) is 1.81. The van der Waals surface area contributed by atoms with Crippen molar-refractivity contribution in [1.82, 2.24) is 4.98 Å². The van der Waals surface area contributed by atoms with Crippen molar-refractivity contribution in [3.8, 4) is 0 Å². The van der Waals surface area contributed by atoms with Crippen LogP contribution in [0.15, 0.2) is 12.3 Å². The molecule has 0 radical (unpaired) electrons. The van der Waals surface area contributed by atoms with E-state index in [4.69, 9.17) is 22.1 Å². The van der Waals surface area contributed by atoms with Crippen LogP contribution < -0.4 is 10.6 Å². The van der Waals surface area contributed by atoms with E-state index in [2.05, 4.69) is 16.8 Å². The molecule has 1 atom stereocenters. The Balaban J connectivity index is 2.31. The largest absolute Gasteiger partial charge is 0.377 e. The molecule has 1 fully saturated rings. The van der Waals surface area contributed by atoms with Gasteiger partial charge in [-0.25, -0.2) is 4.98 Å². The van der Waals surface area contributed by atoms with Gasteiger partial charge in [-0.15, -0.1) is 0 Å². The summed E-state index contributed by atoms with van der Waals surface area (Å²) in [5.41, 5.74) is 6.60. The van der Waals surface area contributed by atoms with Crippen molar-refractivity contribution < 1.29 is 4.74 Å². The molecule has 1 unspecified atom stereocenters. The molecule has 0 aliphatic carbocycles. The molecular formula is C12H18ClN3O. The number of aromatic nitrogens is 1. The Morgan fingerprint density at radius 3 is 3.18 bits per heavy atom. The SMILES string of the molecule is CCC1COCCN1c1nccc(CN)c1Cl.